The largest absolute Gasteiger partial charge is 0.383 e. The van der Waals surface area contributed by atoms with Gasteiger partial charge in [0.25, 0.3) is 0 Å². The third kappa shape index (κ3) is 3.39. The Balaban J connectivity index is 2.07. The van der Waals surface area contributed by atoms with Gasteiger partial charge in [0.05, 0.1) is 6.61 Å². The Morgan fingerprint density at radius 1 is 1.32 bits per heavy atom. The van der Waals surface area contributed by atoms with Crippen molar-refractivity contribution in [3.05, 3.63) is 41.6 Å². The molecule has 0 atom stereocenters. The molecule has 1 N–H and O–H groups in total. The van der Waals surface area contributed by atoms with Gasteiger partial charge in [-0.2, -0.15) is 0 Å². The van der Waals surface area contributed by atoms with E-state index in [0.717, 1.165) is 36.9 Å². The highest BCUT2D eigenvalue weighted by Crippen LogP contribution is 2.14. The molecule has 102 valence electrons. The molecule has 0 aliphatic heterocycles. The Bertz CT molecular complexity index is 536. The summed E-state index contributed by atoms with van der Waals surface area (Å²) in [6.07, 6.45) is 5.62. The molecule has 5 heteroatoms. The van der Waals surface area contributed by atoms with Crippen LogP contribution in [0, 0.1) is 13.8 Å². The fourth-order valence-corrected chi connectivity index (χ4v) is 1.98. The molecule has 2 aromatic heterocycles. The molecule has 5 nitrogen and oxygen atoms in total. The molecule has 0 fully saturated rings. The molecular formula is C14H20N4O. The van der Waals surface area contributed by atoms with Gasteiger partial charge >= 0.3 is 0 Å². The van der Waals surface area contributed by atoms with E-state index in [9.17, 15) is 0 Å². The van der Waals surface area contributed by atoms with Crippen LogP contribution in [-0.2, 0) is 11.3 Å². The number of methoxy groups -OCH3 is 1. The number of hydrogen-bond acceptors (Lipinski definition) is 4. The third-order valence-electron chi connectivity index (χ3n) is 2.97. The molecule has 0 aromatic carbocycles. The normalized spacial score (nSPS) is 10.9. The van der Waals surface area contributed by atoms with Crippen molar-refractivity contribution >= 4 is 0 Å². The quantitative estimate of drug-likeness (QED) is 0.802. The maximum atomic E-state index is 5.00. The van der Waals surface area contributed by atoms with E-state index in [1.807, 2.05) is 23.9 Å². The van der Waals surface area contributed by atoms with Crippen LogP contribution in [0.15, 0.2) is 24.7 Å². The number of nitrogens with one attached hydrogen (secondary N) is 1. The van der Waals surface area contributed by atoms with E-state index in [1.165, 1.54) is 5.56 Å². The molecule has 0 unspecified atom stereocenters. The predicted octanol–water partition coefficient (Wildman–Crippen LogP) is 1.62. The van der Waals surface area contributed by atoms with Crippen LogP contribution < -0.4 is 5.32 Å². The zero-order chi connectivity index (χ0) is 13.7. The molecule has 2 heterocycles. The molecule has 0 amide bonds. The summed E-state index contributed by atoms with van der Waals surface area (Å²) >= 11 is 0. The number of rotatable bonds is 6. The monoisotopic (exact) mass is 260 g/mol. The van der Waals surface area contributed by atoms with Gasteiger partial charge in [-0.05, 0) is 31.0 Å². The second-order valence-electron chi connectivity index (χ2n) is 4.50. The molecule has 0 aliphatic carbocycles. The van der Waals surface area contributed by atoms with E-state index in [4.69, 9.17) is 4.74 Å². The van der Waals surface area contributed by atoms with Crippen molar-refractivity contribution in [2.24, 2.45) is 0 Å². The van der Waals surface area contributed by atoms with Crippen molar-refractivity contribution in [3.8, 4) is 5.82 Å². The number of aryl methyl sites for hydroxylation is 2. The van der Waals surface area contributed by atoms with Gasteiger partial charge in [0.2, 0.25) is 0 Å². The van der Waals surface area contributed by atoms with Crippen LogP contribution >= 0.6 is 0 Å². The van der Waals surface area contributed by atoms with Crippen molar-refractivity contribution < 1.29 is 4.74 Å². The van der Waals surface area contributed by atoms with E-state index in [1.54, 1.807) is 13.3 Å². The summed E-state index contributed by atoms with van der Waals surface area (Å²) in [5, 5.41) is 3.31. The molecule has 2 aromatic rings. The molecule has 0 aliphatic rings. The number of aromatic nitrogens is 3. The van der Waals surface area contributed by atoms with Crippen LogP contribution in [0.2, 0.25) is 0 Å². The Hall–Kier alpha value is -1.72. The topological polar surface area (TPSA) is 52.0 Å². The number of ether oxygens (including phenoxy) is 1. The molecule has 0 saturated heterocycles. The Labute approximate surface area is 113 Å². The fraction of sp³-hybridized carbons (Fsp3) is 0.429. The highest BCUT2D eigenvalue weighted by atomic mass is 16.5. The highest BCUT2D eigenvalue weighted by Gasteiger charge is 2.06. The molecule has 0 spiro atoms. The van der Waals surface area contributed by atoms with Gasteiger partial charge < -0.3 is 10.1 Å². The maximum Gasteiger partial charge on any atom is 0.140 e. The fourth-order valence-electron chi connectivity index (χ4n) is 1.98. The van der Waals surface area contributed by atoms with Crippen molar-refractivity contribution in [2.75, 3.05) is 20.3 Å². The van der Waals surface area contributed by atoms with Gasteiger partial charge in [0, 0.05) is 38.8 Å². The number of hydrogen-bond donors (Lipinski definition) is 1. The summed E-state index contributed by atoms with van der Waals surface area (Å²) in [6, 6.07) is 2.15. The molecule has 2 rings (SSSR count). The van der Waals surface area contributed by atoms with E-state index in [-0.39, 0.29) is 0 Å². The van der Waals surface area contributed by atoms with Crippen LogP contribution in [0.1, 0.15) is 17.0 Å². The lowest BCUT2D eigenvalue weighted by Gasteiger charge is -2.10. The molecule has 0 bridgehead atoms. The van der Waals surface area contributed by atoms with Crippen molar-refractivity contribution in [1.29, 1.82) is 0 Å². The van der Waals surface area contributed by atoms with Crippen molar-refractivity contribution in [1.82, 2.24) is 19.9 Å². The first-order valence-corrected chi connectivity index (χ1v) is 6.38. The lowest BCUT2D eigenvalue weighted by molar-refractivity contribution is 0.199. The Kier molecular flexibility index (Phi) is 4.65. The Morgan fingerprint density at radius 3 is 2.79 bits per heavy atom. The molecule has 0 radical (unpaired) electrons. The molecule has 19 heavy (non-hydrogen) atoms. The smallest absolute Gasteiger partial charge is 0.140 e. The lowest BCUT2D eigenvalue weighted by Crippen LogP contribution is -2.18. The zero-order valence-electron chi connectivity index (χ0n) is 11.7. The van der Waals surface area contributed by atoms with E-state index in [0.29, 0.717) is 0 Å². The van der Waals surface area contributed by atoms with Gasteiger partial charge in [-0.25, -0.2) is 9.97 Å². The first kappa shape index (κ1) is 13.7. The van der Waals surface area contributed by atoms with Crippen LogP contribution in [0.25, 0.3) is 5.82 Å². The van der Waals surface area contributed by atoms with Gasteiger partial charge in [-0.3, -0.25) is 4.57 Å². The summed E-state index contributed by atoms with van der Waals surface area (Å²) < 4.78 is 6.99. The van der Waals surface area contributed by atoms with E-state index >= 15 is 0 Å². The summed E-state index contributed by atoms with van der Waals surface area (Å²) in [7, 11) is 1.70. The molecule has 0 saturated carbocycles. The minimum atomic E-state index is 0.721. The number of nitrogens with zero attached hydrogens (tertiary/aromatic N) is 3. The van der Waals surface area contributed by atoms with Gasteiger partial charge in [0.1, 0.15) is 11.6 Å². The van der Waals surface area contributed by atoms with Gasteiger partial charge in [0.15, 0.2) is 0 Å². The minimum Gasteiger partial charge on any atom is -0.383 e. The summed E-state index contributed by atoms with van der Waals surface area (Å²) in [5.41, 5.74) is 2.32. The Morgan fingerprint density at radius 2 is 2.16 bits per heavy atom. The summed E-state index contributed by atoms with van der Waals surface area (Å²) in [4.78, 5) is 8.76. The summed E-state index contributed by atoms with van der Waals surface area (Å²) in [5.74, 6) is 1.89. The first-order valence-electron chi connectivity index (χ1n) is 6.38. The van der Waals surface area contributed by atoms with E-state index < -0.39 is 0 Å². The number of imidazole rings is 1. The maximum absolute atomic E-state index is 5.00. The van der Waals surface area contributed by atoms with Gasteiger partial charge in [-0.15, -0.1) is 0 Å². The second-order valence-corrected chi connectivity index (χ2v) is 4.50. The average Bonchev–Trinajstić information content (AvgIpc) is 2.81. The van der Waals surface area contributed by atoms with Crippen LogP contribution in [0.5, 0.6) is 0 Å². The van der Waals surface area contributed by atoms with Crippen LogP contribution in [-0.4, -0.2) is 34.8 Å². The number of pyridine rings is 1. The van der Waals surface area contributed by atoms with Crippen LogP contribution in [0.3, 0.4) is 0 Å². The third-order valence-corrected chi connectivity index (χ3v) is 2.97. The predicted molar refractivity (Wildman–Crippen MR) is 74.4 cm³/mol. The lowest BCUT2D eigenvalue weighted by atomic mass is 10.2. The van der Waals surface area contributed by atoms with Crippen molar-refractivity contribution in [3.63, 3.8) is 0 Å². The minimum absolute atomic E-state index is 0.721. The molecular weight excluding hydrogens is 240 g/mol. The summed E-state index contributed by atoms with van der Waals surface area (Å²) in [6.45, 7) is 6.42. The van der Waals surface area contributed by atoms with Crippen molar-refractivity contribution in [2.45, 2.75) is 20.4 Å². The standard InChI is InChI=1S/C14H20N4O/c1-11-8-13(9-15-5-7-19-3)10-17-14(11)18-6-4-16-12(18)2/h4,6,8,10,15H,5,7,9H2,1-3H3. The van der Waals surface area contributed by atoms with Crippen LogP contribution in [0.4, 0.5) is 0 Å². The van der Waals surface area contributed by atoms with E-state index in [2.05, 4.69) is 28.3 Å². The first-order chi connectivity index (χ1) is 9.22. The SMILES string of the molecule is COCCNCc1cnc(-n2ccnc2C)c(C)c1. The second kappa shape index (κ2) is 6.45. The highest BCUT2D eigenvalue weighted by molar-refractivity contribution is 5.36. The average molecular weight is 260 g/mol. The zero-order valence-corrected chi connectivity index (χ0v) is 11.7. The van der Waals surface area contributed by atoms with Gasteiger partial charge in [-0.1, -0.05) is 0 Å².